The zero-order valence-corrected chi connectivity index (χ0v) is 17.2. The fourth-order valence-electron chi connectivity index (χ4n) is 3.55. The van der Waals surface area contributed by atoms with E-state index in [2.05, 4.69) is 35.3 Å². The standard InChI is InChI=1S/C22H26N4OS/c1-16(22-24-19-7-3-4-8-20(19)28-22)25(2)15-21(27)23-17-9-11-18(12-10-17)26-13-5-6-14-26/h3-4,7-12,16H,5-6,13-15H2,1-2H3,(H,23,27)/t16-/m0/s1. The Kier molecular flexibility index (Phi) is 5.59. The van der Waals surface area contributed by atoms with Crippen LogP contribution in [-0.2, 0) is 4.79 Å². The van der Waals surface area contributed by atoms with Crippen molar-refractivity contribution in [2.75, 3.05) is 36.9 Å². The smallest absolute Gasteiger partial charge is 0.238 e. The average Bonchev–Trinajstić information content (AvgIpc) is 3.37. The van der Waals surface area contributed by atoms with Gasteiger partial charge >= 0.3 is 0 Å². The van der Waals surface area contributed by atoms with E-state index in [9.17, 15) is 4.79 Å². The number of fused-ring (bicyclic) bond motifs is 1. The van der Waals surface area contributed by atoms with Gasteiger partial charge in [0.15, 0.2) is 0 Å². The van der Waals surface area contributed by atoms with Gasteiger partial charge in [-0.2, -0.15) is 0 Å². The zero-order valence-electron chi connectivity index (χ0n) is 16.4. The normalized spacial score (nSPS) is 15.3. The summed E-state index contributed by atoms with van der Waals surface area (Å²) >= 11 is 1.69. The third kappa shape index (κ3) is 4.18. The van der Waals surface area contributed by atoms with Crippen molar-refractivity contribution in [3.8, 4) is 0 Å². The zero-order chi connectivity index (χ0) is 19.5. The first-order chi connectivity index (χ1) is 13.6. The van der Waals surface area contributed by atoms with Gasteiger partial charge in [0, 0.05) is 24.5 Å². The predicted octanol–water partition coefficient (Wildman–Crippen LogP) is 4.53. The lowest BCUT2D eigenvalue weighted by Crippen LogP contribution is -2.32. The van der Waals surface area contributed by atoms with Crippen molar-refractivity contribution >= 4 is 38.8 Å². The minimum absolute atomic E-state index is 0.00983. The highest BCUT2D eigenvalue weighted by Gasteiger charge is 2.19. The summed E-state index contributed by atoms with van der Waals surface area (Å²) in [6.07, 6.45) is 2.52. The molecule has 1 amide bonds. The molecule has 0 saturated carbocycles. The van der Waals surface area contributed by atoms with Crippen molar-refractivity contribution in [1.82, 2.24) is 9.88 Å². The summed E-state index contributed by atoms with van der Waals surface area (Å²) in [5.41, 5.74) is 3.09. The monoisotopic (exact) mass is 394 g/mol. The molecule has 146 valence electrons. The van der Waals surface area contributed by atoms with E-state index in [1.165, 1.54) is 23.2 Å². The van der Waals surface area contributed by atoms with Crippen LogP contribution in [0.15, 0.2) is 48.5 Å². The van der Waals surface area contributed by atoms with Gasteiger partial charge in [0.2, 0.25) is 5.91 Å². The second-order valence-corrected chi connectivity index (χ2v) is 8.46. The van der Waals surface area contributed by atoms with E-state index < -0.39 is 0 Å². The molecule has 28 heavy (non-hydrogen) atoms. The van der Waals surface area contributed by atoms with E-state index in [4.69, 9.17) is 4.98 Å². The molecule has 2 heterocycles. The summed E-state index contributed by atoms with van der Waals surface area (Å²) in [7, 11) is 1.97. The highest BCUT2D eigenvalue weighted by atomic mass is 32.1. The van der Waals surface area contributed by atoms with Crippen LogP contribution in [0.3, 0.4) is 0 Å². The van der Waals surface area contributed by atoms with Gasteiger partial charge in [0.25, 0.3) is 0 Å². The molecule has 1 fully saturated rings. The molecule has 0 bridgehead atoms. The van der Waals surface area contributed by atoms with Crippen molar-refractivity contribution in [2.24, 2.45) is 0 Å². The largest absolute Gasteiger partial charge is 0.372 e. The number of aromatic nitrogens is 1. The number of hydrogen-bond donors (Lipinski definition) is 1. The maximum absolute atomic E-state index is 12.5. The predicted molar refractivity (Wildman–Crippen MR) is 117 cm³/mol. The Morgan fingerprint density at radius 1 is 1.18 bits per heavy atom. The molecule has 0 unspecified atom stereocenters. The molecule has 1 N–H and O–H groups in total. The minimum atomic E-state index is -0.00983. The van der Waals surface area contributed by atoms with Crippen LogP contribution in [0.4, 0.5) is 11.4 Å². The molecule has 1 aromatic heterocycles. The van der Waals surface area contributed by atoms with Gasteiger partial charge in [-0.1, -0.05) is 12.1 Å². The number of carbonyl (C=O) groups is 1. The molecule has 2 aromatic carbocycles. The molecule has 0 aliphatic carbocycles. The van der Waals surface area contributed by atoms with Crippen LogP contribution in [0.2, 0.25) is 0 Å². The molecular weight excluding hydrogens is 368 g/mol. The molecule has 1 atom stereocenters. The lowest BCUT2D eigenvalue weighted by molar-refractivity contribution is -0.117. The highest BCUT2D eigenvalue weighted by Crippen LogP contribution is 2.28. The number of para-hydroxylation sites is 1. The summed E-state index contributed by atoms with van der Waals surface area (Å²) < 4.78 is 1.18. The number of anilines is 2. The van der Waals surface area contributed by atoms with Gasteiger partial charge in [-0.05, 0) is 63.2 Å². The maximum Gasteiger partial charge on any atom is 0.238 e. The van der Waals surface area contributed by atoms with Gasteiger partial charge < -0.3 is 10.2 Å². The Bertz CT molecular complexity index is 914. The van der Waals surface area contributed by atoms with Crippen LogP contribution in [0.5, 0.6) is 0 Å². The van der Waals surface area contributed by atoms with E-state index in [-0.39, 0.29) is 11.9 Å². The van der Waals surface area contributed by atoms with Crippen LogP contribution in [0, 0.1) is 0 Å². The summed E-state index contributed by atoms with van der Waals surface area (Å²) in [5, 5.41) is 4.04. The molecule has 0 spiro atoms. The average molecular weight is 395 g/mol. The Labute approximate surface area is 170 Å². The molecule has 3 aromatic rings. The Morgan fingerprint density at radius 3 is 2.61 bits per heavy atom. The molecular formula is C22H26N4OS. The summed E-state index contributed by atoms with van der Waals surface area (Å²) in [6, 6.07) is 16.4. The van der Waals surface area contributed by atoms with E-state index in [0.29, 0.717) is 6.54 Å². The summed E-state index contributed by atoms with van der Waals surface area (Å²) in [6.45, 7) is 4.67. The van der Waals surface area contributed by atoms with Crippen molar-refractivity contribution in [3.05, 3.63) is 53.5 Å². The van der Waals surface area contributed by atoms with Crippen LogP contribution in [-0.4, -0.2) is 42.5 Å². The number of rotatable bonds is 6. The van der Waals surface area contributed by atoms with Crippen LogP contribution in [0.25, 0.3) is 10.2 Å². The quantitative estimate of drug-likeness (QED) is 0.667. The van der Waals surface area contributed by atoms with E-state index in [1.807, 2.05) is 42.3 Å². The number of thiazole rings is 1. The second-order valence-electron chi connectivity index (χ2n) is 7.40. The molecule has 5 nitrogen and oxygen atoms in total. The number of benzene rings is 2. The van der Waals surface area contributed by atoms with Crippen molar-refractivity contribution in [3.63, 3.8) is 0 Å². The summed E-state index contributed by atoms with van der Waals surface area (Å²) in [4.78, 5) is 21.6. The van der Waals surface area contributed by atoms with Gasteiger partial charge in [0.05, 0.1) is 22.8 Å². The SMILES string of the molecule is C[C@@H](c1nc2ccccc2s1)N(C)CC(=O)Nc1ccc(N2CCCC2)cc1. The van der Waals surface area contributed by atoms with Crippen LogP contribution < -0.4 is 10.2 Å². The number of nitrogens with one attached hydrogen (secondary N) is 1. The summed E-state index contributed by atoms with van der Waals surface area (Å²) in [5.74, 6) is -0.00983. The minimum Gasteiger partial charge on any atom is -0.372 e. The second kappa shape index (κ2) is 8.29. The number of amides is 1. The lowest BCUT2D eigenvalue weighted by atomic mass is 10.2. The Morgan fingerprint density at radius 2 is 1.89 bits per heavy atom. The Balaban J connectivity index is 1.34. The first-order valence-electron chi connectivity index (χ1n) is 9.81. The fourth-order valence-corrected chi connectivity index (χ4v) is 4.64. The van der Waals surface area contributed by atoms with Gasteiger partial charge in [-0.25, -0.2) is 4.98 Å². The van der Waals surface area contributed by atoms with Crippen LogP contribution in [0.1, 0.15) is 30.8 Å². The number of hydrogen-bond acceptors (Lipinski definition) is 5. The van der Waals surface area contributed by atoms with Gasteiger partial charge in [-0.3, -0.25) is 9.69 Å². The topological polar surface area (TPSA) is 48.5 Å². The first-order valence-corrected chi connectivity index (χ1v) is 10.6. The van der Waals surface area contributed by atoms with Gasteiger partial charge in [0.1, 0.15) is 5.01 Å². The Hall–Kier alpha value is -2.44. The van der Waals surface area contributed by atoms with E-state index >= 15 is 0 Å². The highest BCUT2D eigenvalue weighted by molar-refractivity contribution is 7.18. The van der Waals surface area contributed by atoms with Crippen molar-refractivity contribution < 1.29 is 4.79 Å². The third-order valence-corrected chi connectivity index (χ3v) is 6.55. The number of likely N-dealkylation sites (N-methyl/N-ethyl adjacent to an activating group) is 1. The fraction of sp³-hybridized carbons (Fsp3) is 0.364. The van der Waals surface area contributed by atoms with E-state index in [1.54, 1.807) is 11.3 Å². The van der Waals surface area contributed by atoms with E-state index in [0.717, 1.165) is 29.3 Å². The lowest BCUT2D eigenvalue weighted by Gasteiger charge is -2.22. The number of carbonyl (C=O) groups excluding carboxylic acids is 1. The van der Waals surface area contributed by atoms with Crippen LogP contribution >= 0.6 is 11.3 Å². The molecule has 1 saturated heterocycles. The first kappa shape index (κ1) is 18.9. The third-order valence-electron chi connectivity index (χ3n) is 5.34. The van der Waals surface area contributed by atoms with Gasteiger partial charge in [-0.15, -0.1) is 11.3 Å². The molecule has 0 radical (unpaired) electrons. The molecule has 6 heteroatoms. The maximum atomic E-state index is 12.5. The molecule has 1 aliphatic rings. The molecule has 4 rings (SSSR count). The number of nitrogens with zero attached hydrogens (tertiary/aromatic N) is 3. The molecule has 1 aliphatic heterocycles. The van der Waals surface area contributed by atoms with Crippen molar-refractivity contribution in [2.45, 2.75) is 25.8 Å². The van der Waals surface area contributed by atoms with Crippen molar-refractivity contribution in [1.29, 1.82) is 0 Å².